The summed E-state index contributed by atoms with van der Waals surface area (Å²) >= 11 is 0. The number of amides is 2. The van der Waals surface area contributed by atoms with E-state index < -0.39 is 17.9 Å². The van der Waals surface area contributed by atoms with Gasteiger partial charge in [0.05, 0.1) is 17.9 Å². The molecule has 1 atom stereocenters. The summed E-state index contributed by atoms with van der Waals surface area (Å²) in [5.41, 5.74) is 2.89. The molecule has 4 aromatic rings. The molecule has 178 valence electrons. The smallest absolute Gasteiger partial charge is 0.328 e. The number of ether oxygens (including phenoxy) is 1. The molecule has 0 aliphatic carbocycles. The summed E-state index contributed by atoms with van der Waals surface area (Å²) in [7, 11) is 0. The topological polar surface area (TPSA) is 100 Å². The highest BCUT2D eigenvalue weighted by Crippen LogP contribution is 2.19. The van der Waals surface area contributed by atoms with E-state index in [2.05, 4.69) is 15.6 Å². The number of aromatic amines is 1. The van der Waals surface area contributed by atoms with Gasteiger partial charge in [0.15, 0.2) is 0 Å². The van der Waals surface area contributed by atoms with Gasteiger partial charge in [-0.25, -0.2) is 4.79 Å². The number of H-pyrrole nitrogens is 1. The van der Waals surface area contributed by atoms with Gasteiger partial charge >= 0.3 is 5.97 Å². The van der Waals surface area contributed by atoms with E-state index in [1.54, 1.807) is 37.3 Å². The zero-order valence-corrected chi connectivity index (χ0v) is 19.4. The summed E-state index contributed by atoms with van der Waals surface area (Å²) in [5, 5.41) is 6.51. The molecular weight excluding hydrogens is 442 g/mol. The van der Waals surface area contributed by atoms with Crippen molar-refractivity contribution < 1.29 is 19.1 Å². The Balaban J connectivity index is 1.49. The maximum absolute atomic E-state index is 13.2. The van der Waals surface area contributed by atoms with Crippen LogP contribution in [0.15, 0.2) is 84.9 Å². The minimum Gasteiger partial charge on any atom is -0.464 e. The van der Waals surface area contributed by atoms with Crippen LogP contribution >= 0.6 is 0 Å². The van der Waals surface area contributed by atoms with Crippen molar-refractivity contribution in [2.24, 2.45) is 0 Å². The molecule has 0 aliphatic heterocycles. The third-order valence-electron chi connectivity index (χ3n) is 5.64. The van der Waals surface area contributed by atoms with E-state index in [1.807, 2.05) is 54.6 Å². The van der Waals surface area contributed by atoms with Gasteiger partial charge in [-0.3, -0.25) is 9.59 Å². The largest absolute Gasteiger partial charge is 0.464 e. The standard InChI is InChI=1S/C28H27N3O4/c1-2-35-28(34)24(17-16-19-10-4-3-5-11-19)31-26(32)21-13-7-9-15-23(21)30-27(33)25-18-20-12-6-8-14-22(20)29-25/h3-15,18,24,29H,2,16-17H2,1H3,(H,30,33)(H,31,32)/t24-/m0/s1. The summed E-state index contributed by atoms with van der Waals surface area (Å²) in [4.78, 5) is 41.7. The lowest BCUT2D eigenvalue weighted by atomic mass is 10.0. The van der Waals surface area contributed by atoms with Crippen LogP contribution in [0.3, 0.4) is 0 Å². The zero-order valence-electron chi connectivity index (χ0n) is 19.4. The normalized spacial score (nSPS) is 11.6. The maximum Gasteiger partial charge on any atom is 0.328 e. The molecule has 35 heavy (non-hydrogen) atoms. The molecule has 0 spiro atoms. The Morgan fingerprint density at radius 1 is 0.886 bits per heavy atom. The van der Waals surface area contributed by atoms with Crippen LogP contribution in [0, 0.1) is 0 Å². The lowest BCUT2D eigenvalue weighted by Gasteiger charge is -2.18. The minimum absolute atomic E-state index is 0.216. The summed E-state index contributed by atoms with van der Waals surface area (Å²) in [6, 6.07) is 24.9. The predicted molar refractivity (Wildman–Crippen MR) is 135 cm³/mol. The lowest BCUT2D eigenvalue weighted by molar-refractivity contribution is -0.145. The third kappa shape index (κ3) is 5.95. The Morgan fingerprint density at radius 3 is 2.37 bits per heavy atom. The van der Waals surface area contributed by atoms with Gasteiger partial charge in [0.1, 0.15) is 11.7 Å². The van der Waals surface area contributed by atoms with E-state index in [-0.39, 0.29) is 18.1 Å². The molecule has 0 radical (unpaired) electrons. The van der Waals surface area contributed by atoms with Crippen molar-refractivity contribution in [1.82, 2.24) is 10.3 Å². The van der Waals surface area contributed by atoms with Gasteiger partial charge in [0.25, 0.3) is 11.8 Å². The van der Waals surface area contributed by atoms with Gasteiger partial charge in [0, 0.05) is 10.9 Å². The summed E-state index contributed by atoms with van der Waals surface area (Å²) < 4.78 is 5.18. The second-order valence-electron chi connectivity index (χ2n) is 8.07. The number of carbonyl (C=O) groups excluding carboxylic acids is 3. The first-order chi connectivity index (χ1) is 17.0. The molecule has 0 saturated carbocycles. The van der Waals surface area contributed by atoms with E-state index in [0.29, 0.717) is 24.2 Å². The predicted octanol–water partition coefficient (Wildman–Crippen LogP) is 4.71. The fourth-order valence-corrected chi connectivity index (χ4v) is 3.86. The van der Waals surface area contributed by atoms with E-state index in [0.717, 1.165) is 16.5 Å². The molecular formula is C28H27N3O4. The first kappa shape index (κ1) is 23.8. The molecule has 0 aliphatic rings. The van der Waals surface area contributed by atoms with Crippen LogP contribution in [0.4, 0.5) is 5.69 Å². The van der Waals surface area contributed by atoms with E-state index in [1.165, 1.54) is 0 Å². The Kier molecular flexibility index (Phi) is 7.57. The van der Waals surface area contributed by atoms with Gasteiger partial charge in [-0.2, -0.15) is 0 Å². The Labute approximate surface area is 203 Å². The molecule has 1 heterocycles. The first-order valence-electron chi connectivity index (χ1n) is 11.5. The Bertz CT molecular complexity index is 1300. The average Bonchev–Trinajstić information content (AvgIpc) is 3.32. The van der Waals surface area contributed by atoms with Gasteiger partial charge < -0.3 is 20.4 Å². The lowest BCUT2D eigenvalue weighted by Crippen LogP contribution is -2.42. The molecule has 3 aromatic carbocycles. The number of hydrogen-bond donors (Lipinski definition) is 3. The molecule has 0 unspecified atom stereocenters. The fourth-order valence-electron chi connectivity index (χ4n) is 3.86. The van der Waals surface area contributed by atoms with Crippen LogP contribution in [0.5, 0.6) is 0 Å². The number of hydrogen-bond acceptors (Lipinski definition) is 4. The fraction of sp³-hybridized carbons (Fsp3) is 0.179. The molecule has 2 amide bonds. The second kappa shape index (κ2) is 11.2. The van der Waals surface area contributed by atoms with E-state index >= 15 is 0 Å². The van der Waals surface area contributed by atoms with Crippen molar-refractivity contribution >= 4 is 34.4 Å². The summed E-state index contributed by atoms with van der Waals surface area (Å²) in [6.45, 7) is 1.94. The van der Waals surface area contributed by atoms with Crippen LogP contribution in [-0.2, 0) is 16.0 Å². The highest BCUT2D eigenvalue weighted by Gasteiger charge is 2.24. The zero-order chi connectivity index (χ0) is 24.6. The molecule has 0 saturated heterocycles. The monoisotopic (exact) mass is 469 g/mol. The molecule has 7 heteroatoms. The molecule has 7 nitrogen and oxygen atoms in total. The van der Waals surface area contributed by atoms with Gasteiger partial charge in [-0.15, -0.1) is 0 Å². The van der Waals surface area contributed by atoms with Crippen molar-refractivity contribution in [3.63, 3.8) is 0 Å². The number of rotatable bonds is 9. The van der Waals surface area contributed by atoms with Gasteiger partial charge in [-0.1, -0.05) is 60.7 Å². The summed E-state index contributed by atoms with van der Waals surface area (Å²) in [6.07, 6.45) is 0.988. The number of para-hydroxylation sites is 2. The van der Waals surface area contributed by atoms with Crippen molar-refractivity contribution in [2.75, 3.05) is 11.9 Å². The van der Waals surface area contributed by atoms with Crippen molar-refractivity contribution in [3.8, 4) is 0 Å². The third-order valence-corrected chi connectivity index (χ3v) is 5.64. The quantitative estimate of drug-likeness (QED) is 0.309. The minimum atomic E-state index is -0.819. The number of esters is 1. The Hall–Kier alpha value is -4.39. The average molecular weight is 470 g/mol. The molecule has 4 rings (SSSR count). The number of carbonyl (C=O) groups is 3. The maximum atomic E-state index is 13.2. The van der Waals surface area contributed by atoms with Crippen molar-refractivity contribution in [1.29, 1.82) is 0 Å². The van der Waals surface area contributed by atoms with Crippen LogP contribution in [-0.4, -0.2) is 35.4 Å². The number of aryl methyl sites for hydroxylation is 1. The van der Waals surface area contributed by atoms with Crippen LogP contribution in [0.1, 0.15) is 39.8 Å². The van der Waals surface area contributed by atoms with Gasteiger partial charge in [-0.05, 0) is 49.6 Å². The number of anilines is 1. The second-order valence-corrected chi connectivity index (χ2v) is 8.07. The van der Waals surface area contributed by atoms with Gasteiger partial charge in [0.2, 0.25) is 0 Å². The number of fused-ring (bicyclic) bond motifs is 1. The highest BCUT2D eigenvalue weighted by atomic mass is 16.5. The number of benzene rings is 3. The van der Waals surface area contributed by atoms with E-state index in [9.17, 15) is 14.4 Å². The molecule has 0 fully saturated rings. The first-order valence-corrected chi connectivity index (χ1v) is 11.5. The Morgan fingerprint density at radius 2 is 1.60 bits per heavy atom. The summed E-state index contributed by atoms with van der Waals surface area (Å²) in [5.74, 6) is -1.33. The van der Waals surface area contributed by atoms with Crippen LogP contribution in [0.25, 0.3) is 10.9 Å². The molecule has 1 aromatic heterocycles. The van der Waals surface area contributed by atoms with E-state index in [4.69, 9.17) is 4.74 Å². The van der Waals surface area contributed by atoms with Crippen molar-refractivity contribution in [3.05, 3.63) is 102 Å². The SMILES string of the molecule is CCOC(=O)[C@H](CCc1ccccc1)NC(=O)c1ccccc1NC(=O)c1cc2ccccc2[nH]1. The molecule has 0 bridgehead atoms. The van der Waals surface area contributed by atoms with Crippen LogP contribution in [0.2, 0.25) is 0 Å². The molecule has 3 N–H and O–H groups in total. The highest BCUT2D eigenvalue weighted by molar-refractivity contribution is 6.10. The number of aromatic nitrogens is 1. The number of nitrogens with one attached hydrogen (secondary N) is 3. The van der Waals surface area contributed by atoms with Crippen molar-refractivity contribution in [2.45, 2.75) is 25.8 Å². The van der Waals surface area contributed by atoms with Crippen LogP contribution < -0.4 is 10.6 Å².